The predicted molar refractivity (Wildman–Crippen MR) is 87.5 cm³/mol. The zero-order chi connectivity index (χ0) is 14.3. The van der Waals surface area contributed by atoms with Crippen LogP contribution in [0.4, 0.5) is 10.1 Å². The lowest BCUT2D eigenvalue weighted by molar-refractivity contribution is 0.242. The van der Waals surface area contributed by atoms with E-state index in [4.69, 9.17) is 16.3 Å². The number of methoxy groups -OCH3 is 1. The first-order valence-corrected chi connectivity index (χ1v) is 7.57. The molecule has 2 aromatic rings. The number of halogens is 3. The Morgan fingerprint density at radius 3 is 2.80 bits per heavy atom. The Balaban J connectivity index is 2.19. The smallest absolute Gasteiger partial charge is 0.183 e. The van der Waals surface area contributed by atoms with E-state index in [0.29, 0.717) is 21.9 Å². The van der Waals surface area contributed by atoms with Crippen LogP contribution >= 0.6 is 34.2 Å². The third kappa shape index (κ3) is 2.15. The van der Waals surface area contributed by atoms with E-state index in [1.54, 1.807) is 18.2 Å². The number of rotatable bonds is 2. The predicted octanol–water partition coefficient (Wildman–Crippen LogP) is 4.59. The molecule has 0 spiro atoms. The molecule has 20 heavy (non-hydrogen) atoms. The van der Waals surface area contributed by atoms with Crippen LogP contribution in [-0.2, 0) is 5.67 Å². The first-order chi connectivity index (χ1) is 9.54. The lowest BCUT2D eigenvalue weighted by atomic mass is 9.89. The van der Waals surface area contributed by atoms with E-state index in [9.17, 15) is 0 Å². The zero-order valence-corrected chi connectivity index (χ0v) is 13.6. The van der Waals surface area contributed by atoms with Crippen LogP contribution in [0.15, 0.2) is 36.4 Å². The summed E-state index contributed by atoms with van der Waals surface area (Å²) in [5.41, 5.74) is 0.274. The summed E-state index contributed by atoms with van der Waals surface area (Å²) in [7, 11) is 1.54. The molecule has 0 fully saturated rings. The second-order valence-corrected chi connectivity index (χ2v) is 6.37. The minimum Gasteiger partial charge on any atom is -0.496 e. The quantitative estimate of drug-likeness (QED) is 0.741. The lowest BCUT2D eigenvalue weighted by Crippen LogP contribution is -2.24. The molecule has 1 atom stereocenters. The van der Waals surface area contributed by atoms with E-state index >= 15 is 4.39 Å². The molecule has 5 heteroatoms. The Bertz CT molecular complexity index is 679. The highest BCUT2D eigenvalue weighted by Crippen LogP contribution is 2.47. The summed E-state index contributed by atoms with van der Waals surface area (Å²) in [6.07, 6.45) is 0. The fraction of sp³-hybridized carbons (Fsp3) is 0.200. The van der Waals surface area contributed by atoms with Crippen LogP contribution in [0.5, 0.6) is 5.75 Å². The van der Waals surface area contributed by atoms with Crippen molar-refractivity contribution < 1.29 is 9.13 Å². The third-order valence-electron chi connectivity index (χ3n) is 3.52. The van der Waals surface area contributed by atoms with Crippen LogP contribution in [0.2, 0.25) is 5.02 Å². The van der Waals surface area contributed by atoms with Crippen molar-refractivity contribution >= 4 is 39.9 Å². The van der Waals surface area contributed by atoms with Gasteiger partial charge in [-0.05, 0) is 52.9 Å². The SMILES string of the molecule is COc1ccc(Cl)cc1C1(F)CNc2cc(I)ccc21. The summed E-state index contributed by atoms with van der Waals surface area (Å²) >= 11 is 8.23. The molecule has 0 radical (unpaired) electrons. The number of hydrogen-bond donors (Lipinski definition) is 1. The molecule has 1 heterocycles. The third-order valence-corrected chi connectivity index (χ3v) is 4.43. The topological polar surface area (TPSA) is 21.3 Å². The van der Waals surface area contributed by atoms with Crippen LogP contribution in [0, 0.1) is 3.57 Å². The lowest BCUT2D eigenvalue weighted by Gasteiger charge is -2.23. The first kappa shape index (κ1) is 13.9. The number of nitrogens with one attached hydrogen (secondary N) is 1. The Kier molecular flexibility index (Phi) is 3.54. The van der Waals surface area contributed by atoms with E-state index in [-0.39, 0.29) is 6.54 Å². The van der Waals surface area contributed by atoms with Gasteiger partial charge in [-0.2, -0.15) is 0 Å². The molecule has 0 aromatic heterocycles. The Morgan fingerprint density at radius 1 is 1.25 bits per heavy atom. The van der Waals surface area contributed by atoms with Crippen molar-refractivity contribution in [2.75, 3.05) is 19.0 Å². The van der Waals surface area contributed by atoms with Gasteiger partial charge in [0.1, 0.15) is 5.75 Å². The van der Waals surface area contributed by atoms with Crippen LogP contribution in [-0.4, -0.2) is 13.7 Å². The molecule has 104 valence electrons. The second kappa shape index (κ2) is 5.07. The molecular weight excluding hydrogens is 392 g/mol. The Labute approximate surface area is 135 Å². The molecule has 1 aliphatic heterocycles. The van der Waals surface area contributed by atoms with Gasteiger partial charge >= 0.3 is 0 Å². The van der Waals surface area contributed by atoms with E-state index in [1.165, 1.54) is 7.11 Å². The van der Waals surface area contributed by atoms with Crippen molar-refractivity contribution in [2.45, 2.75) is 5.67 Å². The van der Waals surface area contributed by atoms with Gasteiger partial charge < -0.3 is 10.1 Å². The maximum Gasteiger partial charge on any atom is 0.183 e. The molecule has 0 bridgehead atoms. The second-order valence-electron chi connectivity index (χ2n) is 4.69. The molecule has 0 aliphatic carbocycles. The standard InChI is InChI=1S/C15H12ClFINO/c1-20-14-5-2-9(16)6-12(14)15(17)8-19-13-7-10(18)3-4-11(13)15/h2-7,19H,8H2,1H3. The van der Waals surface area contributed by atoms with Gasteiger partial charge in [0.05, 0.1) is 13.7 Å². The molecule has 1 N–H and O–H groups in total. The maximum atomic E-state index is 15.6. The van der Waals surface area contributed by atoms with Crippen molar-refractivity contribution in [3.8, 4) is 5.75 Å². The number of hydrogen-bond acceptors (Lipinski definition) is 2. The van der Waals surface area contributed by atoms with Gasteiger partial charge in [-0.15, -0.1) is 0 Å². The Morgan fingerprint density at radius 2 is 2.05 bits per heavy atom. The summed E-state index contributed by atoms with van der Waals surface area (Å²) in [5, 5.41) is 3.62. The molecule has 3 rings (SSSR count). The number of ether oxygens (including phenoxy) is 1. The number of fused-ring (bicyclic) bond motifs is 1. The van der Waals surface area contributed by atoms with Crippen molar-refractivity contribution in [1.29, 1.82) is 0 Å². The van der Waals surface area contributed by atoms with Gasteiger partial charge in [-0.25, -0.2) is 4.39 Å². The molecule has 0 saturated carbocycles. The van der Waals surface area contributed by atoms with Crippen LogP contribution < -0.4 is 10.1 Å². The van der Waals surface area contributed by atoms with Crippen molar-refractivity contribution in [1.82, 2.24) is 0 Å². The molecule has 2 aromatic carbocycles. The summed E-state index contributed by atoms with van der Waals surface area (Å²) in [4.78, 5) is 0. The molecular formula is C15H12ClFINO. The van der Waals surface area contributed by atoms with Gasteiger partial charge in [0.15, 0.2) is 5.67 Å². The molecule has 0 amide bonds. The number of alkyl halides is 1. The van der Waals surface area contributed by atoms with Crippen molar-refractivity contribution in [3.05, 3.63) is 56.1 Å². The summed E-state index contributed by atoms with van der Waals surface area (Å²) in [6, 6.07) is 10.7. The van der Waals surface area contributed by atoms with Crippen molar-refractivity contribution in [3.63, 3.8) is 0 Å². The zero-order valence-electron chi connectivity index (χ0n) is 10.7. The summed E-state index contributed by atoms with van der Waals surface area (Å²) in [5.74, 6) is 0.505. The average molecular weight is 404 g/mol. The van der Waals surface area contributed by atoms with Gasteiger partial charge in [0, 0.05) is 25.4 Å². The fourth-order valence-electron chi connectivity index (χ4n) is 2.55. The highest BCUT2D eigenvalue weighted by molar-refractivity contribution is 14.1. The van der Waals surface area contributed by atoms with Gasteiger partial charge in [0.2, 0.25) is 0 Å². The minimum absolute atomic E-state index is 0.180. The number of anilines is 1. The summed E-state index contributed by atoms with van der Waals surface area (Å²) < 4.78 is 21.9. The van der Waals surface area contributed by atoms with Crippen LogP contribution in [0.25, 0.3) is 0 Å². The monoisotopic (exact) mass is 403 g/mol. The van der Waals surface area contributed by atoms with E-state index < -0.39 is 5.67 Å². The minimum atomic E-state index is -1.63. The normalized spacial score (nSPS) is 20.4. The summed E-state index contributed by atoms with van der Waals surface area (Å²) in [6.45, 7) is 0.180. The van der Waals surface area contributed by atoms with Crippen LogP contribution in [0.1, 0.15) is 11.1 Å². The van der Waals surface area contributed by atoms with Gasteiger partial charge in [0.25, 0.3) is 0 Å². The highest BCUT2D eigenvalue weighted by Gasteiger charge is 2.43. The van der Waals surface area contributed by atoms with Gasteiger partial charge in [-0.3, -0.25) is 0 Å². The molecule has 2 nitrogen and oxygen atoms in total. The molecule has 1 aliphatic rings. The molecule has 1 unspecified atom stereocenters. The van der Waals surface area contributed by atoms with Crippen LogP contribution in [0.3, 0.4) is 0 Å². The maximum absolute atomic E-state index is 15.6. The van der Waals surface area contributed by atoms with Crippen molar-refractivity contribution in [2.24, 2.45) is 0 Å². The van der Waals surface area contributed by atoms with E-state index in [2.05, 4.69) is 27.9 Å². The molecule has 0 saturated heterocycles. The number of benzene rings is 2. The first-order valence-electron chi connectivity index (χ1n) is 6.11. The fourth-order valence-corrected chi connectivity index (χ4v) is 3.21. The Hall–Kier alpha value is -1.01. The largest absolute Gasteiger partial charge is 0.496 e. The highest BCUT2D eigenvalue weighted by atomic mass is 127. The van der Waals surface area contributed by atoms with E-state index in [1.807, 2.05) is 18.2 Å². The van der Waals surface area contributed by atoms with E-state index in [0.717, 1.165) is 9.26 Å². The van der Waals surface area contributed by atoms with Gasteiger partial charge in [-0.1, -0.05) is 17.7 Å². The average Bonchev–Trinajstić information content (AvgIpc) is 2.77.